The first-order chi connectivity index (χ1) is 12.8. The van der Waals surface area contributed by atoms with Crippen LogP contribution in [-0.4, -0.2) is 36.1 Å². The molecule has 3 atom stereocenters. The first-order valence-electron chi connectivity index (χ1n) is 9.28. The van der Waals surface area contributed by atoms with Crippen molar-refractivity contribution in [3.05, 3.63) is 71.8 Å². The van der Waals surface area contributed by atoms with Crippen molar-refractivity contribution >= 4 is 17.5 Å². The quantitative estimate of drug-likeness (QED) is 0.488. The molecular weight excluding hydrogens is 344 g/mol. The highest BCUT2D eigenvalue weighted by Crippen LogP contribution is 2.38. The molecule has 2 aromatic rings. The molecule has 1 aliphatic heterocycles. The molecule has 0 aromatic heterocycles. The molecule has 4 heteroatoms. The predicted octanol–water partition coefficient (Wildman–Crippen LogP) is 4.93. The Morgan fingerprint density at radius 1 is 1.12 bits per heavy atom. The van der Waals surface area contributed by atoms with E-state index in [4.69, 9.17) is 9.47 Å². The van der Waals surface area contributed by atoms with Gasteiger partial charge in [0.05, 0.1) is 18.0 Å². The summed E-state index contributed by atoms with van der Waals surface area (Å²) >= 11 is 1.69. The lowest BCUT2D eigenvalue weighted by atomic mass is 9.99. The van der Waals surface area contributed by atoms with E-state index in [0.29, 0.717) is 6.61 Å². The Morgan fingerprint density at radius 2 is 1.81 bits per heavy atom. The zero-order valence-corrected chi connectivity index (χ0v) is 16.0. The minimum atomic E-state index is -0.248. The molecule has 138 valence electrons. The SMILES string of the molecule is CCCCOC[C@@H]1CS[C@@H](C(=O)c2ccccc2)[C@H](c2ccccc2)O1. The van der Waals surface area contributed by atoms with Gasteiger partial charge in [0, 0.05) is 17.9 Å². The summed E-state index contributed by atoms with van der Waals surface area (Å²) in [6.07, 6.45) is 1.96. The summed E-state index contributed by atoms with van der Waals surface area (Å²) in [4.78, 5) is 13.1. The molecule has 2 aromatic carbocycles. The molecule has 3 nitrogen and oxygen atoms in total. The van der Waals surface area contributed by atoms with Gasteiger partial charge in [0.15, 0.2) is 5.78 Å². The fourth-order valence-electron chi connectivity index (χ4n) is 3.04. The Hall–Kier alpha value is -1.62. The number of thioether (sulfide) groups is 1. The maximum Gasteiger partial charge on any atom is 0.178 e. The summed E-state index contributed by atoms with van der Waals surface area (Å²) in [6.45, 7) is 3.51. The maximum atomic E-state index is 13.1. The molecule has 0 amide bonds. The molecule has 1 heterocycles. The molecule has 0 N–H and O–H groups in total. The molecular formula is C22H26O3S. The zero-order valence-electron chi connectivity index (χ0n) is 15.2. The van der Waals surface area contributed by atoms with Crippen LogP contribution in [0.15, 0.2) is 60.7 Å². The second kappa shape index (κ2) is 9.91. The fraction of sp³-hybridized carbons (Fsp3) is 0.409. The van der Waals surface area contributed by atoms with Gasteiger partial charge in [0.2, 0.25) is 0 Å². The van der Waals surface area contributed by atoms with Gasteiger partial charge in [0.1, 0.15) is 6.10 Å². The molecule has 0 spiro atoms. The van der Waals surface area contributed by atoms with Crippen LogP contribution in [0.5, 0.6) is 0 Å². The van der Waals surface area contributed by atoms with Crippen LogP contribution < -0.4 is 0 Å². The van der Waals surface area contributed by atoms with Crippen molar-refractivity contribution in [3.8, 4) is 0 Å². The number of ether oxygens (including phenoxy) is 2. The van der Waals surface area contributed by atoms with E-state index in [2.05, 4.69) is 6.92 Å². The third-order valence-corrected chi connectivity index (χ3v) is 5.85. The maximum absolute atomic E-state index is 13.1. The number of ketones is 1. The van der Waals surface area contributed by atoms with Gasteiger partial charge in [-0.2, -0.15) is 0 Å². The highest BCUT2D eigenvalue weighted by molar-refractivity contribution is 8.00. The van der Waals surface area contributed by atoms with Crippen molar-refractivity contribution < 1.29 is 14.3 Å². The Balaban J connectivity index is 1.73. The van der Waals surface area contributed by atoms with Crippen LogP contribution in [0, 0.1) is 0 Å². The van der Waals surface area contributed by atoms with Crippen LogP contribution in [0.4, 0.5) is 0 Å². The minimum Gasteiger partial charge on any atom is -0.379 e. The van der Waals surface area contributed by atoms with Crippen molar-refractivity contribution in [2.24, 2.45) is 0 Å². The van der Waals surface area contributed by atoms with Crippen molar-refractivity contribution in [1.82, 2.24) is 0 Å². The molecule has 1 fully saturated rings. The lowest BCUT2D eigenvalue weighted by molar-refractivity contribution is -0.0511. The Kier molecular flexibility index (Phi) is 7.30. The Bertz CT molecular complexity index is 674. The second-order valence-corrected chi connectivity index (χ2v) is 7.68. The van der Waals surface area contributed by atoms with Crippen LogP contribution >= 0.6 is 11.8 Å². The average molecular weight is 371 g/mol. The van der Waals surface area contributed by atoms with Gasteiger partial charge in [-0.3, -0.25) is 4.79 Å². The summed E-state index contributed by atoms with van der Waals surface area (Å²) < 4.78 is 12.1. The minimum absolute atomic E-state index is 0.0156. The van der Waals surface area contributed by atoms with Gasteiger partial charge in [-0.05, 0) is 12.0 Å². The van der Waals surface area contributed by atoms with Crippen LogP contribution in [0.25, 0.3) is 0 Å². The first-order valence-corrected chi connectivity index (χ1v) is 10.3. The summed E-state index contributed by atoms with van der Waals surface area (Å²) in [6, 6.07) is 19.6. The number of hydrogen-bond acceptors (Lipinski definition) is 4. The molecule has 0 saturated carbocycles. The van der Waals surface area contributed by atoms with Gasteiger partial charge in [-0.25, -0.2) is 0 Å². The van der Waals surface area contributed by atoms with E-state index in [1.165, 1.54) is 0 Å². The number of rotatable bonds is 8. The number of carbonyl (C=O) groups is 1. The highest BCUT2D eigenvalue weighted by Gasteiger charge is 2.37. The van der Waals surface area contributed by atoms with Gasteiger partial charge < -0.3 is 9.47 Å². The number of hydrogen-bond donors (Lipinski definition) is 0. The summed E-state index contributed by atoms with van der Waals surface area (Å²) in [5, 5.41) is -0.230. The fourth-order valence-corrected chi connectivity index (χ4v) is 4.32. The second-order valence-electron chi connectivity index (χ2n) is 6.50. The topological polar surface area (TPSA) is 35.5 Å². The predicted molar refractivity (Wildman–Crippen MR) is 107 cm³/mol. The molecule has 0 aliphatic carbocycles. The Morgan fingerprint density at radius 3 is 2.50 bits per heavy atom. The molecule has 1 aliphatic rings. The van der Waals surface area contributed by atoms with Crippen LogP contribution in [0.3, 0.4) is 0 Å². The van der Waals surface area contributed by atoms with Gasteiger partial charge in [-0.15, -0.1) is 11.8 Å². The van der Waals surface area contributed by atoms with Crippen LogP contribution in [0.1, 0.15) is 41.8 Å². The largest absolute Gasteiger partial charge is 0.379 e. The zero-order chi connectivity index (χ0) is 18.2. The van der Waals surface area contributed by atoms with Gasteiger partial charge in [0.25, 0.3) is 0 Å². The van der Waals surface area contributed by atoms with Gasteiger partial charge >= 0.3 is 0 Å². The van der Waals surface area contributed by atoms with E-state index in [-0.39, 0.29) is 23.2 Å². The van der Waals surface area contributed by atoms with Crippen molar-refractivity contribution in [2.75, 3.05) is 19.0 Å². The summed E-state index contributed by atoms with van der Waals surface area (Å²) in [5.74, 6) is 0.911. The Labute approximate surface area is 160 Å². The monoisotopic (exact) mass is 370 g/mol. The third kappa shape index (κ3) is 4.97. The van der Waals surface area contributed by atoms with Gasteiger partial charge in [-0.1, -0.05) is 74.0 Å². The number of Topliss-reactive ketones (excluding diaryl/α,β-unsaturated/α-hetero) is 1. The van der Waals surface area contributed by atoms with Crippen LogP contribution in [-0.2, 0) is 9.47 Å². The standard InChI is InChI=1S/C22H26O3S/c1-2-3-14-24-15-19-16-26-22(20(23)17-10-6-4-7-11-17)21(25-19)18-12-8-5-9-13-18/h4-13,19,21-22H,2-3,14-16H2,1H3/t19-,21+,22+/m1/s1. The average Bonchev–Trinajstić information content (AvgIpc) is 2.72. The van der Waals surface area contributed by atoms with E-state index in [1.54, 1.807) is 11.8 Å². The molecule has 1 saturated heterocycles. The summed E-state index contributed by atoms with van der Waals surface area (Å²) in [7, 11) is 0. The van der Waals surface area contributed by atoms with E-state index in [9.17, 15) is 4.79 Å². The van der Waals surface area contributed by atoms with E-state index in [0.717, 1.165) is 36.3 Å². The smallest absolute Gasteiger partial charge is 0.178 e. The number of unbranched alkanes of at least 4 members (excludes halogenated alkanes) is 1. The molecule has 0 bridgehead atoms. The molecule has 26 heavy (non-hydrogen) atoms. The lowest BCUT2D eigenvalue weighted by Gasteiger charge is -2.35. The van der Waals surface area contributed by atoms with Crippen molar-refractivity contribution in [3.63, 3.8) is 0 Å². The molecule has 0 unspecified atom stereocenters. The highest BCUT2D eigenvalue weighted by atomic mass is 32.2. The van der Waals surface area contributed by atoms with E-state index in [1.807, 2.05) is 60.7 Å². The third-order valence-electron chi connectivity index (χ3n) is 4.47. The van der Waals surface area contributed by atoms with Crippen LogP contribution in [0.2, 0.25) is 0 Å². The number of carbonyl (C=O) groups excluding carboxylic acids is 1. The normalized spacial score (nSPS) is 22.9. The van der Waals surface area contributed by atoms with Crippen molar-refractivity contribution in [1.29, 1.82) is 0 Å². The number of benzene rings is 2. The van der Waals surface area contributed by atoms with E-state index >= 15 is 0 Å². The molecule has 0 radical (unpaired) electrons. The lowest BCUT2D eigenvalue weighted by Crippen LogP contribution is -2.39. The summed E-state index contributed by atoms with van der Waals surface area (Å²) in [5.41, 5.74) is 1.79. The van der Waals surface area contributed by atoms with E-state index < -0.39 is 0 Å². The van der Waals surface area contributed by atoms with Crippen molar-refractivity contribution in [2.45, 2.75) is 37.2 Å². The molecule has 3 rings (SSSR count). The first kappa shape index (κ1) is 19.2.